The predicted octanol–water partition coefficient (Wildman–Crippen LogP) is 3.41. The molecule has 1 unspecified atom stereocenters. The Morgan fingerprint density at radius 3 is 2.80 bits per heavy atom. The number of amides is 2. The van der Waals surface area contributed by atoms with Crippen LogP contribution in [0.1, 0.15) is 6.42 Å². The van der Waals surface area contributed by atoms with Crippen LogP contribution in [0.5, 0.6) is 5.75 Å². The number of carbonyl (C=O) groups is 2. The van der Waals surface area contributed by atoms with E-state index in [4.69, 9.17) is 4.74 Å². The normalized spacial score (nSPS) is 16.8. The first-order valence-corrected chi connectivity index (χ1v) is 9.23. The summed E-state index contributed by atoms with van der Waals surface area (Å²) in [5, 5.41) is 2.92. The van der Waals surface area contributed by atoms with Crippen molar-refractivity contribution in [3.63, 3.8) is 0 Å². The van der Waals surface area contributed by atoms with Gasteiger partial charge in [0, 0.05) is 23.5 Å². The van der Waals surface area contributed by atoms with E-state index in [1.807, 2.05) is 54.8 Å². The molecule has 2 amide bonds. The number of ether oxygens (including phenoxy) is 1. The fraction of sp³-hybridized carbons (Fsp3) is 0.263. The van der Waals surface area contributed by atoms with Crippen molar-refractivity contribution in [2.24, 2.45) is 5.92 Å². The third kappa shape index (κ3) is 3.79. The van der Waals surface area contributed by atoms with Gasteiger partial charge in [-0.15, -0.1) is 11.8 Å². The molecule has 0 radical (unpaired) electrons. The quantitative estimate of drug-likeness (QED) is 0.834. The summed E-state index contributed by atoms with van der Waals surface area (Å²) in [5.41, 5.74) is 1.45. The minimum Gasteiger partial charge on any atom is -0.495 e. The second-order valence-electron chi connectivity index (χ2n) is 5.80. The number of nitrogens with zero attached hydrogens (tertiary/aromatic N) is 1. The van der Waals surface area contributed by atoms with Crippen LogP contribution < -0.4 is 15.0 Å². The average Bonchev–Trinajstić information content (AvgIpc) is 3.03. The zero-order chi connectivity index (χ0) is 17.8. The van der Waals surface area contributed by atoms with E-state index in [9.17, 15) is 9.59 Å². The smallest absolute Gasteiger partial charge is 0.229 e. The number of benzene rings is 2. The lowest BCUT2D eigenvalue weighted by Crippen LogP contribution is -2.28. The molecule has 2 aromatic rings. The van der Waals surface area contributed by atoms with Crippen LogP contribution in [0.15, 0.2) is 53.4 Å². The first-order valence-electron chi connectivity index (χ1n) is 8.00. The van der Waals surface area contributed by atoms with Gasteiger partial charge in [0.05, 0.1) is 18.7 Å². The van der Waals surface area contributed by atoms with Gasteiger partial charge in [-0.25, -0.2) is 0 Å². The van der Waals surface area contributed by atoms with E-state index in [0.29, 0.717) is 18.0 Å². The minimum atomic E-state index is -0.379. The van der Waals surface area contributed by atoms with Crippen LogP contribution in [0.4, 0.5) is 11.4 Å². The maximum Gasteiger partial charge on any atom is 0.229 e. The van der Waals surface area contributed by atoms with E-state index in [0.717, 1.165) is 10.6 Å². The average molecular weight is 356 g/mol. The van der Waals surface area contributed by atoms with Crippen molar-refractivity contribution in [3.05, 3.63) is 48.5 Å². The van der Waals surface area contributed by atoms with E-state index >= 15 is 0 Å². The van der Waals surface area contributed by atoms with Gasteiger partial charge in [0.2, 0.25) is 11.8 Å². The zero-order valence-electron chi connectivity index (χ0n) is 14.2. The Kier molecular flexibility index (Phi) is 5.28. The number of methoxy groups -OCH3 is 1. The molecule has 1 atom stereocenters. The largest absolute Gasteiger partial charge is 0.495 e. The van der Waals surface area contributed by atoms with Gasteiger partial charge in [0.1, 0.15) is 5.75 Å². The van der Waals surface area contributed by atoms with Gasteiger partial charge in [-0.05, 0) is 36.6 Å². The molecule has 25 heavy (non-hydrogen) atoms. The van der Waals surface area contributed by atoms with Crippen LogP contribution in [0, 0.1) is 5.92 Å². The Morgan fingerprint density at radius 1 is 1.24 bits per heavy atom. The second kappa shape index (κ2) is 7.61. The molecule has 2 aromatic carbocycles. The molecule has 0 bridgehead atoms. The summed E-state index contributed by atoms with van der Waals surface area (Å²) < 4.78 is 5.33. The maximum absolute atomic E-state index is 12.6. The van der Waals surface area contributed by atoms with E-state index in [1.165, 1.54) is 0 Å². The fourth-order valence-corrected chi connectivity index (χ4v) is 3.37. The molecular weight excluding hydrogens is 336 g/mol. The van der Waals surface area contributed by atoms with Crippen LogP contribution in [0.25, 0.3) is 0 Å². The van der Waals surface area contributed by atoms with Crippen molar-refractivity contribution in [3.8, 4) is 5.75 Å². The Morgan fingerprint density at radius 2 is 2.04 bits per heavy atom. The Hall–Kier alpha value is -2.47. The molecule has 1 saturated heterocycles. The second-order valence-corrected chi connectivity index (χ2v) is 6.68. The monoisotopic (exact) mass is 356 g/mol. The molecule has 0 aliphatic carbocycles. The van der Waals surface area contributed by atoms with Crippen molar-refractivity contribution in [2.45, 2.75) is 11.3 Å². The molecular formula is C19H20N2O3S. The van der Waals surface area contributed by atoms with Crippen molar-refractivity contribution in [1.29, 1.82) is 0 Å². The molecule has 1 heterocycles. The standard InChI is InChI=1S/C19H20N2O3S/c1-24-17-9-4-3-8-16(17)21-12-13(10-18(21)22)19(23)20-14-6-5-7-15(11-14)25-2/h3-9,11,13H,10,12H2,1-2H3,(H,20,23). The summed E-state index contributed by atoms with van der Waals surface area (Å²) in [7, 11) is 1.57. The lowest BCUT2D eigenvalue weighted by molar-refractivity contribution is -0.122. The SMILES string of the molecule is COc1ccccc1N1CC(C(=O)Nc2cccc(SC)c2)CC1=O. The van der Waals surface area contributed by atoms with Gasteiger partial charge in [0.15, 0.2) is 0 Å². The first kappa shape index (κ1) is 17.4. The lowest BCUT2D eigenvalue weighted by atomic mass is 10.1. The van der Waals surface area contributed by atoms with Crippen molar-refractivity contribution >= 4 is 35.0 Å². The van der Waals surface area contributed by atoms with Crippen LogP contribution >= 0.6 is 11.8 Å². The third-order valence-corrected chi connectivity index (χ3v) is 4.93. The molecule has 0 spiro atoms. The molecule has 1 aliphatic heterocycles. The summed E-state index contributed by atoms with van der Waals surface area (Å²) in [6.45, 7) is 0.354. The Labute approximate surface area is 151 Å². The van der Waals surface area contributed by atoms with Crippen LogP contribution in [0.3, 0.4) is 0 Å². The van der Waals surface area contributed by atoms with E-state index in [1.54, 1.807) is 23.8 Å². The van der Waals surface area contributed by atoms with Gasteiger partial charge < -0.3 is 15.0 Å². The summed E-state index contributed by atoms with van der Waals surface area (Å²) in [4.78, 5) is 27.7. The summed E-state index contributed by atoms with van der Waals surface area (Å²) in [6, 6.07) is 15.0. The van der Waals surface area contributed by atoms with Crippen molar-refractivity contribution in [2.75, 3.05) is 30.1 Å². The molecule has 3 rings (SSSR count). The molecule has 6 heteroatoms. The van der Waals surface area contributed by atoms with Gasteiger partial charge in [-0.1, -0.05) is 18.2 Å². The first-order chi connectivity index (χ1) is 12.1. The van der Waals surface area contributed by atoms with Gasteiger partial charge in [-0.2, -0.15) is 0 Å². The summed E-state index contributed by atoms with van der Waals surface area (Å²) in [5.74, 6) is 0.0476. The van der Waals surface area contributed by atoms with Gasteiger partial charge in [-0.3, -0.25) is 9.59 Å². The maximum atomic E-state index is 12.6. The highest BCUT2D eigenvalue weighted by Crippen LogP contribution is 2.33. The molecule has 1 fully saturated rings. The summed E-state index contributed by atoms with van der Waals surface area (Å²) >= 11 is 1.62. The van der Waals surface area contributed by atoms with Crippen molar-refractivity contribution < 1.29 is 14.3 Å². The highest BCUT2D eigenvalue weighted by Gasteiger charge is 2.36. The van der Waals surface area contributed by atoms with E-state index in [2.05, 4.69) is 5.32 Å². The van der Waals surface area contributed by atoms with Crippen LogP contribution in [0.2, 0.25) is 0 Å². The van der Waals surface area contributed by atoms with Crippen LogP contribution in [-0.2, 0) is 9.59 Å². The fourth-order valence-electron chi connectivity index (χ4n) is 2.91. The zero-order valence-corrected chi connectivity index (χ0v) is 15.0. The topological polar surface area (TPSA) is 58.6 Å². The van der Waals surface area contributed by atoms with Crippen molar-refractivity contribution in [1.82, 2.24) is 0 Å². The van der Waals surface area contributed by atoms with Gasteiger partial charge >= 0.3 is 0 Å². The Balaban J connectivity index is 1.72. The molecule has 1 aliphatic rings. The third-order valence-electron chi connectivity index (χ3n) is 4.21. The van der Waals surface area contributed by atoms with E-state index in [-0.39, 0.29) is 24.2 Å². The molecule has 130 valence electrons. The minimum absolute atomic E-state index is 0.0671. The highest BCUT2D eigenvalue weighted by molar-refractivity contribution is 7.98. The number of hydrogen-bond donors (Lipinski definition) is 1. The number of nitrogens with one attached hydrogen (secondary N) is 1. The number of rotatable bonds is 5. The predicted molar refractivity (Wildman–Crippen MR) is 100 cm³/mol. The number of carbonyl (C=O) groups excluding carboxylic acids is 2. The molecule has 0 saturated carbocycles. The van der Waals surface area contributed by atoms with Gasteiger partial charge in [0.25, 0.3) is 0 Å². The molecule has 0 aromatic heterocycles. The lowest BCUT2D eigenvalue weighted by Gasteiger charge is -2.19. The highest BCUT2D eigenvalue weighted by atomic mass is 32.2. The van der Waals surface area contributed by atoms with Crippen LogP contribution in [-0.4, -0.2) is 31.7 Å². The molecule has 5 nitrogen and oxygen atoms in total. The van der Waals surface area contributed by atoms with E-state index < -0.39 is 0 Å². The molecule has 1 N–H and O–H groups in total. The number of anilines is 2. The summed E-state index contributed by atoms with van der Waals surface area (Å²) in [6.07, 6.45) is 2.19. The number of hydrogen-bond acceptors (Lipinski definition) is 4. The number of thioether (sulfide) groups is 1. The Bertz CT molecular complexity index is 794. The number of para-hydroxylation sites is 2.